The first-order valence-electron chi connectivity index (χ1n) is 6.80. The molecular formula is C15H13N3O3. The molecule has 1 fully saturated rings. The first kappa shape index (κ1) is 12.1. The van der Waals surface area contributed by atoms with Crippen LogP contribution in [0.3, 0.4) is 0 Å². The fourth-order valence-electron chi connectivity index (χ4n) is 2.60. The fraction of sp³-hybridized carbons (Fsp3) is 0.267. The summed E-state index contributed by atoms with van der Waals surface area (Å²) in [5.74, 6) is 0.415. The largest absolute Gasteiger partial charge is 0.475 e. The van der Waals surface area contributed by atoms with E-state index < -0.39 is 5.97 Å². The molecule has 106 valence electrons. The number of benzene rings is 1. The minimum atomic E-state index is -1.12. The topological polar surface area (TPSA) is 81.2 Å². The van der Waals surface area contributed by atoms with E-state index in [0.717, 1.165) is 22.4 Å². The van der Waals surface area contributed by atoms with Gasteiger partial charge in [0.2, 0.25) is 5.76 Å². The van der Waals surface area contributed by atoms with Crippen LogP contribution in [0.25, 0.3) is 22.3 Å². The van der Waals surface area contributed by atoms with Gasteiger partial charge in [-0.15, -0.1) is 0 Å². The van der Waals surface area contributed by atoms with E-state index >= 15 is 0 Å². The van der Waals surface area contributed by atoms with E-state index in [2.05, 4.69) is 9.72 Å². The zero-order chi connectivity index (χ0) is 14.6. The second kappa shape index (κ2) is 4.18. The number of carboxylic acid groups (broad SMARTS) is 1. The van der Waals surface area contributed by atoms with Crippen molar-refractivity contribution >= 4 is 17.0 Å². The Balaban J connectivity index is 1.80. The molecule has 6 nitrogen and oxygen atoms in total. The summed E-state index contributed by atoms with van der Waals surface area (Å²) >= 11 is 0. The third-order valence-corrected chi connectivity index (χ3v) is 3.87. The van der Waals surface area contributed by atoms with Crippen LogP contribution in [-0.4, -0.2) is 25.8 Å². The quantitative estimate of drug-likeness (QED) is 0.799. The second-order valence-electron chi connectivity index (χ2n) is 5.39. The van der Waals surface area contributed by atoms with Gasteiger partial charge in [-0.25, -0.2) is 9.78 Å². The lowest BCUT2D eigenvalue weighted by atomic mass is 10.1. The van der Waals surface area contributed by atoms with E-state index in [4.69, 9.17) is 14.6 Å². The number of carbonyl (C=O) groups is 1. The van der Waals surface area contributed by atoms with Gasteiger partial charge < -0.3 is 14.2 Å². The van der Waals surface area contributed by atoms with Gasteiger partial charge in [0.1, 0.15) is 11.5 Å². The zero-order valence-corrected chi connectivity index (χ0v) is 11.4. The van der Waals surface area contributed by atoms with Crippen LogP contribution in [0, 0.1) is 0 Å². The van der Waals surface area contributed by atoms with Crippen molar-refractivity contribution < 1.29 is 14.4 Å². The molecule has 0 bridgehead atoms. The molecule has 1 aliphatic carbocycles. The molecule has 21 heavy (non-hydrogen) atoms. The second-order valence-corrected chi connectivity index (χ2v) is 5.39. The van der Waals surface area contributed by atoms with E-state index in [9.17, 15) is 4.79 Å². The lowest BCUT2D eigenvalue weighted by Gasteiger charge is -1.99. The minimum Gasteiger partial charge on any atom is -0.475 e. The van der Waals surface area contributed by atoms with Crippen LogP contribution >= 0.6 is 0 Å². The van der Waals surface area contributed by atoms with Gasteiger partial charge in [-0.1, -0.05) is 11.2 Å². The molecule has 6 heteroatoms. The van der Waals surface area contributed by atoms with Gasteiger partial charge in [0.15, 0.2) is 0 Å². The minimum absolute atomic E-state index is 0.162. The number of imidazole rings is 1. The maximum atomic E-state index is 10.8. The number of carboxylic acids is 1. The Morgan fingerprint density at radius 3 is 2.86 bits per heavy atom. The molecule has 4 rings (SSSR count). The third kappa shape index (κ3) is 1.91. The Labute approximate surface area is 120 Å². The highest BCUT2D eigenvalue weighted by molar-refractivity contribution is 5.87. The molecule has 2 aromatic heterocycles. The van der Waals surface area contributed by atoms with Crippen molar-refractivity contribution in [1.29, 1.82) is 0 Å². The van der Waals surface area contributed by atoms with Crippen LogP contribution in [0.15, 0.2) is 28.8 Å². The van der Waals surface area contributed by atoms with Gasteiger partial charge in [0.05, 0.1) is 11.0 Å². The van der Waals surface area contributed by atoms with Crippen molar-refractivity contribution in [2.75, 3.05) is 0 Å². The third-order valence-electron chi connectivity index (χ3n) is 3.87. The fourth-order valence-corrected chi connectivity index (χ4v) is 2.60. The molecule has 3 aromatic rings. The van der Waals surface area contributed by atoms with Crippen LogP contribution in [0.2, 0.25) is 0 Å². The average molecular weight is 283 g/mol. The zero-order valence-electron chi connectivity index (χ0n) is 11.4. The number of nitrogens with zero attached hydrogens (tertiary/aromatic N) is 3. The summed E-state index contributed by atoms with van der Waals surface area (Å²) in [4.78, 5) is 15.5. The van der Waals surface area contributed by atoms with Crippen LogP contribution < -0.4 is 0 Å². The molecule has 0 radical (unpaired) electrons. The number of hydrogen-bond donors (Lipinski definition) is 1. The van der Waals surface area contributed by atoms with E-state index in [-0.39, 0.29) is 5.76 Å². The van der Waals surface area contributed by atoms with Gasteiger partial charge >= 0.3 is 5.97 Å². The van der Waals surface area contributed by atoms with Crippen LogP contribution in [0.1, 0.15) is 35.1 Å². The lowest BCUT2D eigenvalue weighted by molar-refractivity contribution is 0.0652. The van der Waals surface area contributed by atoms with Crippen molar-refractivity contribution in [3.8, 4) is 11.3 Å². The van der Waals surface area contributed by atoms with Gasteiger partial charge in [0, 0.05) is 24.6 Å². The Morgan fingerprint density at radius 2 is 2.19 bits per heavy atom. The van der Waals surface area contributed by atoms with Gasteiger partial charge in [-0.05, 0) is 25.0 Å². The number of hydrogen-bond acceptors (Lipinski definition) is 4. The van der Waals surface area contributed by atoms with E-state index in [0.29, 0.717) is 11.6 Å². The van der Waals surface area contributed by atoms with E-state index in [1.165, 1.54) is 18.9 Å². The Morgan fingerprint density at radius 1 is 1.38 bits per heavy atom. The Bertz CT molecular complexity index is 858. The van der Waals surface area contributed by atoms with E-state index in [1.807, 2.05) is 25.2 Å². The maximum absolute atomic E-state index is 10.8. The van der Waals surface area contributed by atoms with Crippen LogP contribution in [-0.2, 0) is 7.05 Å². The summed E-state index contributed by atoms with van der Waals surface area (Å²) in [6.07, 6.45) is 2.41. The van der Waals surface area contributed by atoms with Crippen molar-refractivity contribution in [2.45, 2.75) is 18.8 Å². The molecule has 0 spiro atoms. The molecule has 0 amide bonds. The molecule has 1 aromatic carbocycles. The number of aryl methyl sites for hydroxylation is 1. The first-order chi connectivity index (χ1) is 10.1. The Hall–Kier alpha value is -2.63. The van der Waals surface area contributed by atoms with Crippen molar-refractivity contribution in [1.82, 2.24) is 14.7 Å². The molecule has 0 unspecified atom stereocenters. The van der Waals surface area contributed by atoms with E-state index in [1.54, 1.807) is 0 Å². The monoisotopic (exact) mass is 283 g/mol. The maximum Gasteiger partial charge on any atom is 0.374 e. The average Bonchev–Trinajstić information content (AvgIpc) is 3.09. The first-order valence-corrected chi connectivity index (χ1v) is 6.80. The highest BCUT2D eigenvalue weighted by Crippen LogP contribution is 2.40. The summed E-state index contributed by atoms with van der Waals surface area (Å²) in [6.45, 7) is 0. The molecule has 1 N–H and O–H groups in total. The number of rotatable bonds is 3. The molecule has 0 atom stereocenters. The predicted molar refractivity (Wildman–Crippen MR) is 75.1 cm³/mol. The lowest BCUT2D eigenvalue weighted by Crippen LogP contribution is -1.94. The van der Waals surface area contributed by atoms with Crippen LogP contribution in [0.4, 0.5) is 0 Å². The SMILES string of the molecule is Cn1c(C2CC2)nc2cc(-c3cc(C(=O)O)on3)ccc21. The molecule has 0 saturated heterocycles. The van der Waals surface area contributed by atoms with Gasteiger partial charge in [-0.3, -0.25) is 0 Å². The normalized spacial score (nSPS) is 14.7. The smallest absolute Gasteiger partial charge is 0.374 e. The summed E-state index contributed by atoms with van der Waals surface area (Å²) in [7, 11) is 2.03. The van der Waals surface area contributed by atoms with Crippen molar-refractivity contribution in [3.05, 3.63) is 35.9 Å². The number of aromatic carboxylic acids is 1. The highest BCUT2D eigenvalue weighted by Gasteiger charge is 2.28. The Kier molecular flexibility index (Phi) is 2.42. The molecule has 1 aliphatic rings. The summed E-state index contributed by atoms with van der Waals surface area (Å²) in [6, 6.07) is 7.24. The summed E-state index contributed by atoms with van der Waals surface area (Å²) < 4.78 is 6.92. The predicted octanol–water partition coefficient (Wildman–Crippen LogP) is 2.80. The standard InChI is InChI=1S/C15H13N3O3/c1-18-12-5-4-9(10-7-13(15(19)20)21-17-10)6-11(12)16-14(18)8-2-3-8/h4-8H,2-3H2,1H3,(H,19,20). The highest BCUT2D eigenvalue weighted by atomic mass is 16.5. The van der Waals surface area contributed by atoms with Crippen molar-refractivity contribution in [2.24, 2.45) is 7.05 Å². The number of fused-ring (bicyclic) bond motifs is 1. The summed E-state index contributed by atoms with van der Waals surface area (Å²) in [5, 5.41) is 12.7. The molecular weight excluding hydrogens is 270 g/mol. The molecule has 2 heterocycles. The van der Waals surface area contributed by atoms with Gasteiger partial charge in [0.25, 0.3) is 0 Å². The molecule has 0 aliphatic heterocycles. The van der Waals surface area contributed by atoms with Crippen molar-refractivity contribution in [3.63, 3.8) is 0 Å². The van der Waals surface area contributed by atoms with Gasteiger partial charge in [-0.2, -0.15) is 0 Å². The van der Waals surface area contributed by atoms with Crippen LogP contribution in [0.5, 0.6) is 0 Å². The number of aromatic nitrogens is 3. The summed E-state index contributed by atoms with van der Waals surface area (Å²) in [5.41, 5.74) is 3.28. The molecule has 1 saturated carbocycles.